The highest BCUT2D eigenvalue weighted by Gasteiger charge is 2.14. The number of aromatic nitrogens is 1. The van der Waals surface area contributed by atoms with Gasteiger partial charge in [-0.3, -0.25) is 9.59 Å². The summed E-state index contributed by atoms with van der Waals surface area (Å²) in [6, 6.07) is 16.6. The number of rotatable bonds is 5. The molecule has 2 N–H and O–H groups in total. The van der Waals surface area contributed by atoms with Crippen LogP contribution in [-0.4, -0.2) is 23.9 Å². The minimum atomic E-state index is -0.367. The molecule has 0 radical (unpaired) electrons. The van der Waals surface area contributed by atoms with Gasteiger partial charge >= 0.3 is 0 Å². The summed E-state index contributed by atoms with van der Waals surface area (Å²) in [5.74, 6) is -0.254. The van der Waals surface area contributed by atoms with Crippen molar-refractivity contribution in [3.63, 3.8) is 0 Å². The van der Waals surface area contributed by atoms with Crippen molar-refractivity contribution in [3.05, 3.63) is 83.0 Å². The summed E-state index contributed by atoms with van der Waals surface area (Å²) in [4.78, 5) is 29.1. The Bertz CT molecular complexity index is 957. The number of halogens is 1. The molecular weight excluding hydrogens is 366 g/mol. The van der Waals surface area contributed by atoms with E-state index in [4.69, 9.17) is 16.3 Å². The molecule has 3 rings (SSSR count). The zero-order valence-electron chi connectivity index (χ0n) is 14.4. The molecule has 136 valence electrons. The first-order valence-electron chi connectivity index (χ1n) is 8.04. The lowest BCUT2D eigenvalue weighted by Crippen LogP contribution is -2.18. The molecule has 0 atom stereocenters. The van der Waals surface area contributed by atoms with Crippen molar-refractivity contribution in [2.24, 2.45) is 0 Å². The molecule has 0 aliphatic carbocycles. The molecule has 0 saturated carbocycles. The summed E-state index contributed by atoms with van der Waals surface area (Å²) in [5, 5.41) is 6.04. The number of carbonyl (C=O) groups is 2. The van der Waals surface area contributed by atoms with Gasteiger partial charge < -0.3 is 15.4 Å². The van der Waals surface area contributed by atoms with Gasteiger partial charge in [-0.25, -0.2) is 4.98 Å². The van der Waals surface area contributed by atoms with E-state index in [1.165, 1.54) is 13.3 Å². The number of anilines is 2. The lowest BCUT2D eigenvalue weighted by Gasteiger charge is -2.11. The van der Waals surface area contributed by atoms with E-state index in [-0.39, 0.29) is 11.8 Å². The van der Waals surface area contributed by atoms with Crippen LogP contribution < -0.4 is 15.4 Å². The van der Waals surface area contributed by atoms with E-state index in [1.54, 1.807) is 60.7 Å². The number of hydrogen-bond donors (Lipinski definition) is 2. The fourth-order valence-electron chi connectivity index (χ4n) is 2.36. The standard InChI is InChI=1S/C20H16ClN3O3/c1-27-18-11-10-15(12-22-18)23-20(26)16-4-2-3-5-17(16)24-19(25)13-6-8-14(21)9-7-13/h2-12H,1H3,(H,23,26)(H,24,25). The predicted octanol–water partition coefficient (Wildman–Crippen LogP) is 4.25. The number of para-hydroxylation sites is 1. The molecule has 7 heteroatoms. The monoisotopic (exact) mass is 381 g/mol. The zero-order valence-corrected chi connectivity index (χ0v) is 15.2. The topological polar surface area (TPSA) is 80.3 Å². The maximum absolute atomic E-state index is 12.6. The predicted molar refractivity (Wildman–Crippen MR) is 105 cm³/mol. The Morgan fingerprint density at radius 1 is 0.926 bits per heavy atom. The van der Waals surface area contributed by atoms with Gasteiger partial charge in [-0.2, -0.15) is 0 Å². The second-order valence-corrected chi connectivity index (χ2v) is 5.99. The van der Waals surface area contributed by atoms with Gasteiger partial charge in [0.2, 0.25) is 5.88 Å². The number of ether oxygens (including phenoxy) is 1. The highest BCUT2D eigenvalue weighted by atomic mass is 35.5. The van der Waals surface area contributed by atoms with Crippen molar-refractivity contribution >= 4 is 34.8 Å². The third-order valence-electron chi connectivity index (χ3n) is 3.73. The highest BCUT2D eigenvalue weighted by molar-refractivity contribution is 6.30. The number of pyridine rings is 1. The van der Waals surface area contributed by atoms with Gasteiger partial charge in [-0.1, -0.05) is 23.7 Å². The summed E-state index contributed by atoms with van der Waals surface area (Å²) < 4.78 is 4.99. The van der Waals surface area contributed by atoms with Gasteiger partial charge in [0.05, 0.1) is 30.2 Å². The number of nitrogens with zero attached hydrogens (tertiary/aromatic N) is 1. The maximum Gasteiger partial charge on any atom is 0.257 e. The number of amides is 2. The van der Waals surface area contributed by atoms with Crippen LogP contribution in [0.25, 0.3) is 0 Å². The Hall–Kier alpha value is -3.38. The third-order valence-corrected chi connectivity index (χ3v) is 3.98. The lowest BCUT2D eigenvalue weighted by atomic mass is 10.1. The zero-order chi connectivity index (χ0) is 19.2. The Balaban J connectivity index is 1.77. The average Bonchev–Trinajstić information content (AvgIpc) is 2.69. The molecule has 2 amide bonds. The number of methoxy groups -OCH3 is 1. The first-order valence-corrected chi connectivity index (χ1v) is 8.42. The van der Waals surface area contributed by atoms with E-state index in [9.17, 15) is 9.59 Å². The van der Waals surface area contributed by atoms with Crippen LogP contribution in [-0.2, 0) is 0 Å². The molecule has 0 aliphatic heterocycles. The van der Waals surface area contributed by atoms with Crippen LogP contribution in [0.15, 0.2) is 66.9 Å². The van der Waals surface area contributed by atoms with Gasteiger partial charge in [-0.05, 0) is 42.5 Å². The fraction of sp³-hybridized carbons (Fsp3) is 0.0500. The van der Waals surface area contributed by atoms with Crippen LogP contribution >= 0.6 is 11.6 Å². The van der Waals surface area contributed by atoms with Crippen LogP contribution in [0.1, 0.15) is 20.7 Å². The van der Waals surface area contributed by atoms with Crippen molar-refractivity contribution in [3.8, 4) is 5.88 Å². The Kier molecular flexibility index (Phi) is 5.68. The normalized spacial score (nSPS) is 10.1. The third kappa shape index (κ3) is 4.62. The van der Waals surface area contributed by atoms with Crippen LogP contribution in [0.5, 0.6) is 5.88 Å². The van der Waals surface area contributed by atoms with Crippen molar-refractivity contribution in [1.29, 1.82) is 0 Å². The molecule has 6 nitrogen and oxygen atoms in total. The van der Waals surface area contributed by atoms with E-state index in [0.717, 1.165) is 0 Å². The number of carbonyl (C=O) groups excluding carboxylic acids is 2. The van der Waals surface area contributed by atoms with Crippen molar-refractivity contribution in [2.75, 3.05) is 17.7 Å². The molecule has 0 spiro atoms. The minimum Gasteiger partial charge on any atom is -0.481 e. The van der Waals surface area contributed by atoms with Gasteiger partial charge in [0.15, 0.2) is 0 Å². The van der Waals surface area contributed by atoms with Gasteiger partial charge in [-0.15, -0.1) is 0 Å². The molecule has 0 aliphatic rings. The van der Waals surface area contributed by atoms with Crippen LogP contribution in [0, 0.1) is 0 Å². The van der Waals surface area contributed by atoms with E-state index in [1.807, 2.05) is 0 Å². The van der Waals surface area contributed by atoms with Crippen LogP contribution in [0.3, 0.4) is 0 Å². The van der Waals surface area contributed by atoms with E-state index in [2.05, 4.69) is 15.6 Å². The summed E-state index contributed by atoms with van der Waals surface area (Å²) in [5.41, 5.74) is 1.68. The Labute approximate surface area is 161 Å². The maximum atomic E-state index is 12.6. The number of hydrogen-bond acceptors (Lipinski definition) is 4. The first kappa shape index (κ1) is 18.4. The molecular formula is C20H16ClN3O3. The molecule has 2 aromatic carbocycles. The molecule has 1 aromatic heterocycles. The van der Waals surface area contributed by atoms with Crippen molar-refractivity contribution < 1.29 is 14.3 Å². The SMILES string of the molecule is COc1ccc(NC(=O)c2ccccc2NC(=O)c2ccc(Cl)cc2)cn1. The lowest BCUT2D eigenvalue weighted by molar-refractivity contribution is 0.102. The largest absolute Gasteiger partial charge is 0.481 e. The van der Waals surface area contributed by atoms with Gasteiger partial charge in [0, 0.05) is 16.7 Å². The van der Waals surface area contributed by atoms with Crippen molar-refractivity contribution in [2.45, 2.75) is 0 Å². The highest BCUT2D eigenvalue weighted by Crippen LogP contribution is 2.19. The molecule has 3 aromatic rings. The van der Waals surface area contributed by atoms with Crippen LogP contribution in [0.2, 0.25) is 5.02 Å². The first-order chi connectivity index (χ1) is 13.1. The van der Waals surface area contributed by atoms with Crippen LogP contribution in [0.4, 0.5) is 11.4 Å². The summed E-state index contributed by atoms with van der Waals surface area (Å²) in [6.45, 7) is 0. The van der Waals surface area contributed by atoms with Gasteiger partial charge in [0.1, 0.15) is 0 Å². The van der Waals surface area contributed by atoms with Gasteiger partial charge in [0.25, 0.3) is 11.8 Å². The van der Waals surface area contributed by atoms with E-state index >= 15 is 0 Å². The molecule has 0 fully saturated rings. The second kappa shape index (κ2) is 8.33. The Morgan fingerprint density at radius 2 is 1.67 bits per heavy atom. The molecule has 0 unspecified atom stereocenters. The van der Waals surface area contributed by atoms with E-state index in [0.29, 0.717) is 33.4 Å². The Morgan fingerprint density at radius 3 is 2.33 bits per heavy atom. The summed E-state index contributed by atoms with van der Waals surface area (Å²) >= 11 is 5.84. The smallest absolute Gasteiger partial charge is 0.257 e. The molecule has 27 heavy (non-hydrogen) atoms. The average molecular weight is 382 g/mol. The molecule has 1 heterocycles. The number of nitrogens with one attached hydrogen (secondary N) is 2. The summed E-state index contributed by atoms with van der Waals surface area (Å²) in [7, 11) is 1.51. The molecule has 0 saturated heterocycles. The quantitative estimate of drug-likeness (QED) is 0.692. The minimum absolute atomic E-state index is 0.329. The fourth-order valence-corrected chi connectivity index (χ4v) is 2.49. The van der Waals surface area contributed by atoms with E-state index < -0.39 is 0 Å². The van der Waals surface area contributed by atoms with Crippen molar-refractivity contribution in [1.82, 2.24) is 4.98 Å². The summed E-state index contributed by atoms with van der Waals surface area (Å²) in [6.07, 6.45) is 1.49. The second-order valence-electron chi connectivity index (χ2n) is 5.55. The molecule has 0 bridgehead atoms. The number of benzene rings is 2.